The molecule has 0 saturated carbocycles. The van der Waals surface area contributed by atoms with E-state index in [-0.39, 0.29) is 24.5 Å². The SMILES string of the molecule is CCCOCCOCCOCCOCCNC(=O)CCC(C)=O. The van der Waals surface area contributed by atoms with Crippen molar-refractivity contribution in [2.24, 2.45) is 0 Å². The number of carbonyl (C=O) groups excluding carboxylic acids is 2. The molecule has 0 radical (unpaired) electrons. The number of ether oxygens (including phenoxy) is 4. The Hall–Kier alpha value is -1.02. The minimum atomic E-state index is -0.125. The summed E-state index contributed by atoms with van der Waals surface area (Å²) in [4.78, 5) is 22.0. The first-order valence-electron chi connectivity index (χ1n) is 8.24. The first kappa shape index (κ1) is 22.0. The van der Waals surface area contributed by atoms with Crippen LogP contribution in [0.1, 0.15) is 33.1 Å². The molecule has 1 N–H and O–H groups in total. The number of hydrogen-bond acceptors (Lipinski definition) is 6. The van der Waals surface area contributed by atoms with E-state index < -0.39 is 0 Å². The Morgan fingerprint density at radius 1 is 0.739 bits per heavy atom. The van der Waals surface area contributed by atoms with Crippen molar-refractivity contribution in [3.8, 4) is 0 Å². The highest BCUT2D eigenvalue weighted by Gasteiger charge is 2.02. The number of ketones is 1. The number of hydrogen-bond donors (Lipinski definition) is 1. The number of rotatable bonds is 17. The third kappa shape index (κ3) is 18.9. The van der Waals surface area contributed by atoms with Crippen LogP contribution in [0.15, 0.2) is 0 Å². The fourth-order valence-corrected chi connectivity index (χ4v) is 1.55. The average molecular weight is 333 g/mol. The quantitative estimate of drug-likeness (QED) is 0.399. The van der Waals surface area contributed by atoms with Gasteiger partial charge in [-0.05, 0) is 13.3 Å². The molecule has 7 heteroatoms. The summed E-state index contributed by atoms with van der Waals surface area (Å²) < 4.78 is 21.3. The fraction of sp³-hybridized carbons (Fsp3) is 0.875. The summed E-state index contributed by atoms with van der Waals surface area (Å²) in [7, 11) is 0. The molecule has 136 valence electrons. The Morgan fingerprint density at radius 2 is 1.22 bits per heavy atom. The Morgan fingerprint density at radius 3 is 1.70 bits per heavy atom. The lowest BCUT2D eigenvalue weighted by Gasteiger charge is -2.08. The number of nitrogens with one attached hydrogen (secondary N) is 1. The number of carbonyl (C=O) groups is 2. The van der Waals surface area contributed by atoms with Gasteiger partial charge in [-0.2, -0.15) is 0 Å². The van der Waals surface area contributed by atoms with E-state index in [1.165, 1.54) is 6.92 Å². The van der Waals surface area contributed by atoms with Crippen LogP contribution in [-0.2, 0) is 28.5 Å². The molecule has 0 spiro atoms. The molecule has 0 aliphatic heterocycles. The van der Waals surface area contributed by atoms with Gasteiger partial charge < -0.3 is 29.1 Å². The van der Waals surface area contributed by atoms with Gasteiger partial charge in [-0.1, -0.05) is 6.92 Å². The molecule has 0 bridgehead atoms. The lowest BCUT2D eigenvalue weighted by molar-refractivity contribution is -0.124. The average Bonchev–Trinajstić information content (AvgIpc) is 2.53. The van der Waals surface area contributed by atoms with E-state index in [0.717, 1.165) is 13.0 Å². The number of amides is 1. The van der Waals surface area contributed by atoms with Crippen LogP contribution in [0, 0.1) is 0 Å². The van der Waals surface area contributed by atoms with Gasteiger partial charge >= 0.3 is 0 Å². The summed E-state index contributed by atoms with van der Waals surface area (Å²) >= 11 is 0. The minimum Gasteiger partial charge on any atom is -0.379 e. The van der Waals surface area contributed by atoms with Crippen molar-refractivity contribution in [2.75, 3.05) is 59.4 Å². The van der Waals surface area contributed by atoms with Crippen LogP contribution in [0.2, 0.25) is 0 Å². The summed E-state index contributed by atoms with van der Waals surface area (Å²) in [5, 5.41) is 2.69. The zero-order valence-electron chi connectivity index (χ0n) is 14.4. The maximum Gasteiger partial charge on any atom is 0.220 e. The second-order valence-electron chi connectivity index (χ2n) is 5.00. The molecule has 0 fully saturated rings. The molecular formula is C16H31NO6. The summed E-state index contributed by atoms with van der Waals surface area (Å²) in [5.41, 5.74) is 0. The molecule has 0 aliphatic carbocycles. The Balaban J connectivity index is 3.10. The molecule has 0 saturated heterocycles. The monoisotopic (exact) mass is 333 g/mol. The standard InChI is InChI=1S/C16H31NO6/c1-3-7-20-9-11-22-13-14-23-12-10-21-8-6-17-16(19)5-4-15(2)18/h3-14H2,1-2H3,(H,17,19). The van der Waals surface area contributed by atoms with Gasteiger partial charge in [-0.25, -0.2) is 0 Å². The lowest BCUT2D eigenvalue weighted by Crippen LogP contribution is -2.27. The van der Waals surface area contributed by atoms with Gasteiger partial charge in [0.05, 0.1) is 46.2 Å². The third-order valence-corrected chi connectivity index (χ3v) is 2.74. The zero-order valence-corrected chi connectivity index (χ0v) is 14.4. The van der Waals surface area contributed by atoms with Crippen molar-refractivity contribution in [3.05, 3.63) is 0 Å². The van der Waals surface area contributed by atoms with E-state index in [0.29, 0.717) is 52.8 Å². The Labute approximate surface area is 139 Å². The molecule has 1 amide bonds. The Bertz CT molecular complexity index is 298. The maximum absolute atomic E-state index is 11.3. The first-order valence-corrected chi connectivity index (χ1v) is 8.24. The van der Waals surface area contributed by atoms with Gasteiger partial charge in [0.15, 0.2) is 0 Å². The largest absolute Gasteiger partial charge is 0.379 e. The summed E-state index contributed by atoms with van der Waals surface area (Å²) in [6.07, 6.45) is 1.54. The van der Waals surface area contributed by atoms with Crippen molar-refractivity contribution in [1.82, 2.24) is 5.32 Å². The Kier molecular flexibility index (Phi) is 16.6. The van der Waals surface area contributed by atoms with Gasteiger partial charge in [-0.3, -0.25) is 4.79 Å². The van der Waals surface area contributed by atoms with E-state index in [1.54, 1.807) is 0 Å². The van der Waals surface area contributed by atoms with Gasteiger partial charge in [0.2, 0.25) is 5.91 Å². The van der Waals surface area contributed by atoms with Gasteiger partial charge in [0, 0.05) is 26.0 Å². The van der Waals surface area contributed by atoms with Crippen LogP contribution in [0.5, 0.6) is 0 Å². The summed E-state index contributed by atoms with van der Waals surface area (Å²) in [6, 6.07) is 0. The maximum atomic E-state index is 11.3. The van der Waals surface area contributed by atoms with E-state index in [2.05, 4.69) is 12.2 Å². The molecule has 0 heterocycles. The van der Waals surface area contributed by atoms with Crippen molar-refractivity contribution in [1.29, 1.82) is 0 Å². The van der Waals surface area contributed by atoms with E-state index in [9.17, 15) is 9.59 Å². The predicted octanol–water partition coefficient (Wildman–Crippen LogP) is 0.948. The molecular weight excluding hydrogens is 302 g/mol. The molecule has 0 aliphatic rings. The molecule has 0 aromatic carbocycles. The van der Waals surface area contributed by atoms with Crippen LogP contribution >= 0.6 is 0 Å². The summed E-state index contributed by atoms with van der Waals surface area (Å²) in [6.45, 7) is 8.43. The molecule has 0 unspecified atom stereocenters. The molecule has 0 aromatic rings. The van der Waals surface area contributed by atoms with Gasteiger partial charge in [0.25, 0.3) is 0 Å². The second-order valence-corrected chi connectivity index (χ2v) is 5.00. The van der Waals surface area contributed by atoms with Crippen molar-refractivity contribution in [3.63, 3.8) is 0 Å². The van der Waals surface area contributed by atoms with Crippen LogP contribution in [-0.4, -0.2) is 71.1 Å². The van der Waals surface area contributed by atoms with E-state index in [1.807, 2.05) is 0 Å². The highest BCUT2D eigenvalue weighted by molar-refractivity contribution is 5.83. The van der Waals surface area contributed by atoms with Gasteiger partial charge in [0.1, 0.15) is 5.78 Å². The van der Waals surface area contributed by atoms with Crippen molar-refractivity contribution < 1.29 is 28.5 Å². The normalized spacial score (nSPS) is 10.7. The van der Waals surface area contributed by atoms with Crippen LogP contribution in [0.25, 0.3) is 0 Å². The number of Topliss-reactive ketones (excluding diaryl/α,β-unsaturated/α-hetero) is 1. The van der Waals surface area contributed by atoms with Crippen molar-refractivity contribution in [2.45, 2.75) is 33.1 Å². The molecule has 0 rings (SSSR count). The highest BCUT2D eigenvalue weighted by Crippen LogP contribution is 1.89. The smallest absolute Gasteiger partial charge is 0.220 e. The molecule has 23 heavy (non-hydrogen) atoms. The molecule has 0 atom stereocenters. The highest BCUT2D eigenvalue weighted by atomic mass is 16.6. The van der Waals surface area contributed by atoms with Crippen molar-refractivity contribution >= 4 is 11.7 Å². The second kappa shape index (κ2) is 17.3. The summed E-state index contributed by atoms with van der Waals surface area (Å²) in [5.74, 6) is -0.105. The van der Waals surface area contributed by atoms with E-state index in [4.69, 9.17) is 18.9 Å². The van der Waals surface area contributed by atoms with Crippen LogP contribution in [0.3, 0.4) is 0 Å². The van der Waals surface area contributed by atoms with Gasteiger partial charge in [-0.15, -0.1) is 0 Å². The minimum absolute atomic E-state index is 0.0195. The van der Waals surface area contributed by atoms with Crippen LogP contribution < -0.4 is 5.32 Å². The fourth-order valence-electron chi connectivity index (χ4n) is 1.55. The third-order valence-electron chi connectivity index (χ3n) is 2.74. The lowest BCUT2D eigenvalue weighted by atomic mass is 10.2. The molecule has 7 nitrogen and oxygen atoms in total. The zero-order chi connectivity index (χ0) is 17.2. The first-order chi connectivity index (χ1) is 11.2. The van der Waals surface area contributed by atoms with Crippen LogP contribution in [0.4, 0.5) is 0 Å². The predicted molar refractivity (Wildman–Crippen MR) is 86.5 cm³/mol. The van der Waals surface area contributed by atoms with E-state index >= 15 is 0 Å². The molecule has 0 aromatic heterocycles. The topological polar surface area (TPSA) is 83.1 Å².